The smallest absolute Gasteiger partial charge is 0.215 e. The Morgan fingerprint density at radius 3 is 2.05 bits per heavy atom. The summed E-state index contributed by atoms with van der Waals surface area (Å²) in [7, 11) is 0. The van der Waals surface area contributed by atoms with Crippen LogP contribution in [-0.2, 0) is 20.1 Å². The normalized spacial score (nSPS) is 13.0. The summed E-state index contributed by atoms with van der Waals surface area (Å²) < 4.78 is 8.90. The molecule has 0 spiro atoms. The molecule has 307 valence electrons. The van der Waals surface area contributed by atoms with Crippen LogP contribution in [0.3, 0.4) is 0 Å². The zero-order valence-corrected chi connectivity index (χ0v) is 37.6. The predicted molar refractivity (Wildman–Crippen MR) is 246 cm³/mol. The van der Waals surface area contributed by atoms with Crippen LogP contribution in [0.15, 0.2) is 156 Å². The third kappa shape index (κ3) is 8.80. The van der Waals surface area contributed by atoms with Crippen molar-refractivity contribution < 1.29 is 24.5 Å². The van der Waals surface area contributed by atoms with Crippen molar-refractivity contribution in [3.05, 3.63) is 181 Å². The van der Waals surface area contributed by atoms with Crippen LogP contribution in [0.1, 0.15) is 94.2 Å². The van der Waals surface area contributed by atoms with Gasteiger partial charge in [0.15, 0.2) is 0 Å². The maximum atomic E-state index is 6.54. The van der Waals surface area contributed by atoms with Crippen molar-refractivity contribution in [2.75, 3.05) is 0 Å². The SMILES string of the molecule is CC(C)c1cccc(C(C)C)c1-n1c(-c2[c-]c3oc(-c4ccccc4)nc3c(-c3ccc(C4CCCCC4)cc3)c2)nc2ccccc21.[Ir].[c-]1ccccc1-c1ccccn1. The van der Waals surface area contributed by atoms with Gasteiger partial charge in [-0.05, 0) is 88.9 Å². The zero-order valence-electron chi connectivity index (χ0n) is 35.2. The van der Waals surface area contributed by atoms with Crippen LogP contribution in [0.2, 0.25) is 0 Å². The second-order valence-corrected chi connectivity index (χ2v) is 16.5. The molecule has 1 aliphatic carbocycles. The van der Waals surface area contributed by atoms with Crippen molar-refractivity contribution in [1.82, 2.24) is 19.5 Å². The number of fused-ring (bicyclic) bond motifs is 2. The van der Waals surface area contributed by atoms with E-state index in [0.717, 1.165) is 55.9 Å². The fraction of sp³-hybridized carbons (Fsp3) is 0.218. The largest absolute Gasteiger partial charge is 0.457 e. The third-order valence-electron chi connectivity index (χ3n) is 11.8. The van der Waals surface area contributed by atoms with E-state index in [4.69, 9.17) is 14.4 Å². The summed E-state index contributed by atoms with van der Waals surface area (Å²) in [5.74, 6) is 2.77. The number of para-hydroxylation sites is 3. The molecule has 1 saturated carbocycles. The Kier molecular flexibility index (Phi) is 12.9. The summed E-state index contributed by atoms with van der Waals surface area (Å²) >= 11 is 0. The van der Waals surface area contributed by atoms with Crippen molar-refractivity contribution in [3.8, 4) is 50.9 Å². The van der Waals surface area contributed by atoms with Gasteiger partial charge in [0, 0.05) is 43.1 Å². The van der Waals surface area contributed by atoms with Crippen molar-refractivity contribution in [2.24, 2.45) is 0 Å². The van der Waals surface area contributed by atoms with E-state index in [1.165, 1.54) is 54.5 Å². The maximum Gasteiger partial charge on any atom is 0.215 e. The van der Waals surface area contributed by atoms with Crippen LogP contribution in [0.25, 0.3) is 73.0 Å². The van der Waals surface area contributed by atoms with Crippen LogP contribution in [0, 0.1) is 12.1 Å². The summed E-state index contributed by atoms with van der Waals surface area (Å²) in [6.07, 6.45) is 8.36. The Hall–Kier alpha value is -5.94. The molecule has 0 saturated heterocycles. The summed E-state index contributed by atoms with van der Waals surface area (Å²) in [5, 5.41) is 0. The van der Waals surface area contributed by atoms with Gasteiger partial charge in [-0.25, -0.2) is 0 Å². The van der Waals surface area contributed by atoms with Crippen molar-refractivity contribution in [2.45, 2.75) is 77.6 Å². The van der Waals surface area contributed by atoms with E-state index >= 15 is 0 Å². The van der Waals surface area contributed by atoms with Gasteiger partial charge < -0.3 is 14.0 Å². The van der Waals surface area contributed by atoms with E-state index in [1.807, 2.05) is 72.8 Å². The zero-order chi connectivity index (χ0) is 41.0. The van der Waals surface area contributed by atoms with Gasteiger partial charge in [0.2, 0.25) is 5.89 Å². The molecular weight excluding hydrogens is 925 g/mol. The number of nitrogens with zero attached hydrogens (tertiary/aromatic N) is 4. The Labute approximate surface area is 373 Å². The van der Waals surface area contributed by atoms with Gasteiger partial charge >= 0.3 is 0 Å². The first-order valence-corrected chi connectivity index (χ1v) is 21.4. The molecule has 10 rings (SSSR count). The number of rotatable bonds is 8. The number of aromatic nitrogens is 4. The van der Waals surface area contributed by atoms with Crippen LogP contribution in [0.5, 0.6) is 0 Å². The number of benzene rings is 6. The summed E-state index contributed by atoms with van der Waals surface area (Å²) in [6, 6.07) is 57.2. The molecule has 0 unspecified atom stereocenters. The van der Waals surface area contributed by atoms with Crippen LogP contribution >= 0.6 is 0 Å². The van der Waals surface area contributed by atoms with E-state index in [-0.39, 0.29) is 20.1 Å². The molecule has 0 bridgehead atoms. The van der Waals surface area contributed by atoms with E-state index in [2.05, 4.69) is 122 Å². The fourth-order valence-corrected chi connectivity index (χ4v) is 8.65. The molecule has 0 aliphatic heterocycles. The number of oxazole rings is 1. The van der Waals surface area contributed by atoms with E-state index in [1.54, 1.807) is 6.20 Å². The molecule has 5 nitrogen and oxygen atoms in total. The molecule has 3 aromatic heterocycles. The molecule has 0 amide bonds. The van der Waals surface area contributed by atoms with Crippen LogP contribution in [0.4, 0.5) is 0 Å². The number of imidazole rings is 1. The fourth-order valence-electron chi connectivity index (χ4n) is 8.65. The molecule has 61 heavy (non-hydrogen) atoms. The Bertz CT molecular complexity index is 2780. The van der Waals surface area contributed by atoms with Gasteiger partial charge in [-0.3, -0.25) is 9.97 Å². The molecule has 1 radical (unpaired) electrons. The van der Waals surface area contributed by atoms with E-state index in [0.29, 0.717) is 29.2 Å². The van der Waals surface area contributed by atoms with E-state index < -0.39 is 0 Å². The first kappa shape index (κ1) is 41.8. The molecule has 6 aromatic carbocycles. The molecule has 6 heteroatoms. The summed E-state index contributed by atoms with van der Waals surface area (Å²) in [5.41, 5.74) is 14.7. The van der Waals surface area contributed by atoms with Crippen molar-refractivity contribution in [1.29, 1.82) is 0 Å². The average Bonchev–Trinajstić information content (AvgIpc) is 3.92. The van der Waals surface area contributed by atoms with Gasteiger partial charge in [0.25, 0.3) is 0 Å². The van der Waals surface area contributed by atoms with Gasteiger partial charge in [-0.1, -0.05) is 144 Å². The number of pyridine rings is 1. The topological polar surface area (TPSA) is 56.7 Å². The molecule has 9 aromatic rings. The Balaban J connectivity index is 0.000000340. The molecule has 0 atom stereocenters. The summed E-state index contributed by atoms with van der Waals surface area (Å²) in [6.45, 7) is 9.09. The minimum Gasteiger partial charge on any atom is -0.457 e. The standard InChI is InChI=1S/C44H42N3O.C11H8N.Ir/c1-28(2)35-18-13-19-36(29(3)4)42(35)47-39-21-12-11-20-38(39)45-43(47)34-26-37(32-24-22-31(23-25-32)30-14-7-5-8-15-30)41-40(27-34)48-44(46-41)33-16-9-6-10-17-33;1-2-6-10(7-3-1)11-8-4-5-9-12-11;/h6,9-13,16-26,28-30H,5,7-8,14-15H2,1-4H3;1-6,8-9H;/q2*-1;. The number of hydrogen-bond acceptors (Lipinski definition) is 4. The minimum absolute atomic E-state index is 0. The molecular formula is C55H50IrN4O-2. The van der Waals surface area contributed by atoms with Gasteiger partial charge in [0.05, 0.1) is 22.4 Å². The van der Waals surface area contributed by atoms with Crippen LogP contribution < -0.4 is 0 Å². The quantitative estimate of drug-likeness (QED) is 0.142. The first-order valence-electron chi connectivity index (χ1n) is 21.4. The monoisotopic (exact) mass is 975 g/mol. The third-order valence-corrected chi connectivity index (χ3v) is 11.8. The minimum atomic E-state index is 0. The molecule has 3 heterocycles. The van der Waals surface area contributed by atoms with Crippen molar-refractivity contribution >= 4 is 22.1 Å². The predicted octanol–water partition coefficient (Wildman–Crippen LogP) is 14.8. The average molecular weight is 975 g/mol. The Morgan fingerprint density at radius 2 is 1.36 bits per heavy atom. The maximum absolute atomic E-state index is 6.54. The Morgan fingerprint density at radius 1 is 0.656 bits per heavy atom. The second-order valence-electron chi connectivity index (χ2n) is 16.5. The van der Waals surface area contributed by atoms with Gasteiger partial charge in [-0.15, -0.1) is 47.5 Å². The van der Waals surface area contributed by atoms with Gasteiger partial charge in [-0.2, -0.15) is 0 Å². The van der Waals surface area contributed by atoms with Gasteiger partial charge in [0.1, 0.15) is 0 Å². The van der Waals surface area contributed by atoms with E-state index in [9.17, 15) is 0 Å². The number of hydrogen-bond donors (Lipinski definition) is 0. The summed E-state index contributed by atoms with van der Waals surface area (Å²) in [4.78, 5) is 14.6. The first-order chi connectivity index (χ1) is 29.4. The van der Waals surface area contributed by atoms with Crippen LogP contribution in [-0.4, -0.2) is 19.5 Å². The second kappa shape index (κ2) is 18.8. The molecule has 0 N–H and O–H groups in total. The molecule has 1 fully saturated rings. The molecule has 1 aliphatic rings. The van der Waals surface area contributed by atoms with Crippen molar-refractivity contribution in [3.63, 3.8) is 0 Å².